The quantitative estimate of drug-likeness (QED) is 0.170. The number of azo groups is 1. The molecule has 9 nitrogen and oxygen atoms in total. The first-order valence-corrected chi connectivity index (χ1v) is 12.8. The van der Waals surface area contributed by atoms with Crippen molar-refractivity contribution in [3.05, 3.63) is 81.8 Å². The first-order chi connectivity index (χ1) is 17.5. The summed E-state index contributed by atoms with van der Waals surface area (Å²) in [6.07, 6.45) is 0. The van der Waals surface area contributed by atoms with Gasteiger partial charge in [-0.05, 0) is 48.2 Å². The van der Waals surface area contributed by atoms with E-state index < -0.39 is 26.7 Å². The highest BCUT2D eigenvalue weighted by Gasteiger charge is 2.22. The molecule has 1 amide bonds. The fourth-order valence-corrected chi connectivity index (χ4v) is 4.92. The minimum atomic E-state index is -4.70. The number of nitrogens with zero attached hydrogens (tertiary/aromatic N) is 2. The second-order valence-corrected chi connectivity index (χ2v) is 10.0. The zero-order valence-electron chi connectivity index (χ0n) is 19.4. The summed E-state index contributed by atoms with van der Waals surface area (Å²) in [5.41, 5.74) is -0.0808. The van der Waals surface area contributed by atoms with E-state index in [-0.39, 0.29) is 38.2 Å². The lowest BCUT2D eigenvalue weighted by Crippen LogP contribution is -2.12. The van der Waals surface area contributed by atoms with Gasteiger partial charge < -0.3 is 15.2 Å². The largest absolute Gasteiger partial charge is 0.505 e. The van der Waals surface area contributed by atoms with E-state index in [1.165, 1.54) is 38.3 Å². The van der Waals surface area contributed by atoms with E-state index in [1.807, 2.05) is 0 Å². The van der Waals surface area contributed by atoms with Gasteiger partial charge in [-0.2, -0.15) is 8.42 Å². The standard InChI is InChI=1S/C25H19Cl2N3O6S/c1-13-18(26)9-10-20(24(13)37(33,34)35)29-30-22-16-6-4-3-5-14(16)11-17(23(22)31)25(32)28-21-12-15(36-2)7-8-19(21)27/h3-12,31H,1-2H3,(H,28,32)(H,33,34,35). The summed E-state index contributed by atoms with van der Waals surface area (Å²) in [6, 6.07) is 15.6. The van der Waals surface area contributed by atoms with Crippen molar-refractivity contribution in [2.24, 2.45) is 10.2 Å². The number of amides is 1. The Balaban J connectivity index is 1.84. The van der Waals surface area contributed by atoms with Crippen LogP contribution >= 0.6 is 23.2 Å². The number of fused-ring (bicyclic) bond motifs is 1. The SMILES string of the molecule is COc1ccc(Cl)c(NC(=O)c2cc3ccccc3c(N=Nc3ccc(Cl)c(C)c3S(=O)(=O)O)c2O)c1. The van der Waals surface area contributed by atoms with Crippen LogP contribution in [0.2, 0.25) is 10.0 Å². The van der Waals surface area contributed by atoms with E-state index >= 15 is 0 Å². The highest BCUT2D eigenvalue weighted by molar-refractivity contribution is 7.86. The molecule has 0 aliphatic heterocycles. The number of hydrogen-bond acceptors (Lipinski definition) is 7. The lowest BCUT2D eigenvalue weighted by Gasteiger charge is -2.13. The third-order valence-corrected chi connectivity index (χ3v) is 7.27. The Hall–Kier alpha value is -3.70. The predicted molar refractivity (Wildman–Crippen MR) is 142 cm³/mol. The summed E-state index contributed by atoms with van der Waals surface area (Å²) in [4.78, 5) is 12.6. The molecule has 4 rings (SSSR count). The molecule has 0 saturated carbocycles. The fourth-order valence-electron chi connectivity index (χ4n) is 3.67. The molecule has 0 aromatic heterocycles. The summed E-state index contributed by atoms with van der Waals surface area (Å²) in [5, 5.41) is 23.1. The van der Waals surface area contributed by atoms with Crippen LogP contribution in [0.1, 0.15) is 15.9 Å². The molecule has 0 atom stereocenters. The van der Waals surface area contributed by atoms with E-state index in [1.54, 1.807) is 36.4 Å². The highest BCUT2D eigenvalue weighted by atomic mass is 35.5. The van der Waals surface area contributed by atoms with E-state index in [4.69, 9.17) is 27.9 Å². The predicted octanol–water partition coefficient (Wildman–Crippen LogP) is 7.08. The molecule has 0 spiro atoms. The van der Waals surface area contributed by atoms with Gasteiger partial charge in [0, 0.05) is 16.5 Å². The van der Waals surface area contributed by atoms with Crippen molar-refractivity contribution in [2.45, 2.75) is 11.8 Å². The summed E-state index contributed by atoms with van der Waals surface area (Å²) >= 11 is 12.2. The van der Waals surface area contributed by atoms with Crippen LogP contribution < -0.4 is 10.1 Å². The van der Waals surface area contributed by atoms with E-state index in [9.17, 15) is 22.9 Å². The van der Waals surface area contributed by atoms with Crippen molar-refractivity contribution in [2.75, 3.05) is 12.4 Å². The lowest BCUT2D eigenvalue weighted by atomic mass is 10.0. The topological polar surface area (TPSA) is 138 Å². The molecule has 0 bridgehead atoms. The molecule has 4 aromatic carbocycles. The Bertz CT molecular complexity index is 1690. The van der Waals surface area contributed by atoms with Gasteiger partial charge in [0.15, 0.2) is 5.75 Å². The van der Waals surface area contributed by atoms with Gasteiger partial charge in [-0.3, -0.25) is 9.35 Å². The molecule has 0 unspecified atom stereocenters. The molecule has 12 heteroatoms. The van der Waals surface area contributed by atoms with E-state index in [0.717, 1.165) is 0 Å². The van der Waals surface area contributed by atoms with Crippen molar-refractivity contribution in [3.63, 3.8) is 0 Å². The number of nitrogens with one attached hydrogen (secondary N) is 1. The monoisotopic (exact) mass is 559 g/mol. The van der Waals surface area contributed by atoms with Gasteiger partial charge in [0.1, 0.15) is 22.0 Å². The summed E-state index contributed by atoms with van der Waals surface area (Å²) in [6.45, 7) is 1.41. The zero-order chi connectivity index (χ0) is 26.9. The Morgan fingerprint density at radius 2 is 1.70 bits per heavy atom. The molecule has 0 aliphatic rings. The number of phenolic OH excluding ortho intramolecular Hbond substituents is 1. The number of aromatic hydroxyl groups is 1. The molecule has 4 aromatic rings. The number of halogens is 2. The van der Waals surface area contributed by atoms with Gasteiger partial charge in [0.2, 0.25) is 0 Å². The molecule has 0 aliphatic carbocycles. The minimum Gasteiger partial charge on any atom is -0.505 e. The Morgan fingerprint density at radius 1 is 1.00 bits per heavy atom. The van der Waals surface area contributed by atoms with Crippen molar-refractivity contribution >= 4 is 67.1 Å². The Labute approximate surface area is 222 Å². The summed E-state index contributed by atoms with van der Waals surface area (Å²) in [5.74, 6) is -0.723. The third kappa shape index (κ3) is 5.37. The number of methoxy groups -OCH3 is 1. The van der Waals surface area contributed by atoms with Crippen molar-refractivity contribution in [1.82, 2.24) is 0 Å². The first-order valence-electron chi connectivity index (χ1n) is 10.6. The maximum Gasteiger partial charge on any atom is 0.297 e. The number of anilines is 1. The molecule has 0 fully saturated rings. The number of carbonyl (C=O) groups is 1. The summed E-state index contributed by atoms with van der Waals surface area (Å²) in [7, 11) is -3.23. The third-order valence-electron chi connectivity index (χ3n) is 5.50. The molecule has 37 heavy (non-hydrogen) atoms. The van der Waals surface area contributed by atoms with Crippen LogP contribution in [0.5, 0.6) is 11.5 Å². The van der Waals surface area contributed by atoms with Crippen molar-refractivity contribution in [1.29, 1.82) is 0 Å². The van der Waals surface area contributed by atoms with Crippen LogP contribution in [-0.2, 0) is 10.1 Å². The normalized spacial score (nSPS) is 11.7. The number of rotatable bonds is 6. The van der Waals surface area contributed by atoms with Gasteiger partial charge in [0.25, 0.3) is 16.0 Å². The average molecular weight is 560 g/mol. The lowest BCUT2D eigenvalue weighted by molar-refractivity contribution is 0.102. The molecule has 3 N–H and O–H groups in total. The van der Waals surface area contributed by atoms with Gasteiger partial charge in [-0.1, -0.05) is 47.5 Å². The van der Waals surface area contributed by atoms with E-state index in [2.05, 4.69) is 15.5 Å². The number of hydrogen-bond donors (Lipinski definition) is 3. The van der Waals surface area contributed by atoms with Gasteiger partial charge in [-0.25, -0.2) is 0 Å². The smallest absolute Gasteiger partial charge is 0.297 e. The molecule has 0 radical (unpaired) electrons. The van der Waals surface area contributed by atoms with Crippen molar-refractivity contribution in [3.8, 4) is 11.5 Å². The number of benzene rings is 4. The second kappa shape index (κ2) is 10.3. The summed E-state index contributed by atoms with van der Waals surface area (Å²) < 4.78 is 38.8. The molecular formula is C25H19Cl2N3O6S. The molecule has 0 heterocycles. The van der Waals surface area contributed by atoms with Gasteiger partial charge >= 0.3 is 0 Å². The van der Waals surface area contributed by atoms with Gasteiger partial charge in [0.05, 0.1) is 23.4 Å². The second-order valence-electron chi connectivity index (χ2n) is 7.84. The zero-order valence-corrected chi connectivity index (χ0v) is 21.7. The van der Waals surface area contributed by atoms with Crippen LogP contribution in [0.15, 0.2) is 75.8 Å². The van der Waals surface area contributed by atoms with Crippen LogP contribution in [0.25, 0.3) is 10.8 Å². The first kappa shape index (κ1) is 26.4. The van der Waals surface area contributed by atoms with Gasteiger partial charge in [-0.15, -0.1) is 10.2 Å². The molecule has 190 valence electrons. The average Bonchev–Trinajstić information content (AvgIpc) is 2.85. The van der Waals surface area contributed by atoms with Crippen molar-refractivity contribution < 1.29 is 27.6 Å². The highest BCUT2D eigenvalue weighted by Crippen LogP contribution is 2.41. The number of phenols is 1. The van der Waals surface area contributed by atoms with Crippen LogP contribution in [-0.4, -0.2) is 31.1 Å². The maximum atomic E-state index is 13.2. The van der Waals surface area contributed by atoms with E-state index in [0.29, 0.717) is 16.5 Å². The van der Waals surface area contributed by atoms with Crippen LogP contribution in [0.3, 0.4) is 0 Å². The fraction of sp³-hybridized carbons (Fsp3) is 0.0800. The molecular weight excluding hydrogens is 541 g/mol. The molecule has 0 saturated heterocycles. The van der Waals surface area contributed by atoms with Crippen LogP contribution in [0.4, 0.5) is 17.1 Å². The maximum absolute atomic E-state index is 13.2. The Morgan fingerprint density at radius 3 is 2.41 bits per heavy atom. The number of ether oxygens (including phenoxy) is 1. The number of carbonyl (C=O) groups excluding carboxylic acids is 1. The Kier molecular flexibility index (Phi) is 7.37. The minimum absolute atomic E-state index is 0.0815. The van der Waals surface area contributed by atoms with Crippen LogP contribution in [0, 0.1) is 6.92 Å².